The molecule has 0 saturated carbocycles. The molecule has 0 unspecified atom stereocenters. The van der Waals surface area contributed by atoms with E-state index in [1.165, 1.54) is 23.1 Å². The summed E-state index contributed by atoms with van der Waals surface area (Å²) in [4.78, 5) is 11.1. The second kappa shape index (κ2) is 5.82. The van der Waals surface area contributed by atoms with Gasteiger partial charge in [0.2, 0.25) is 11.0 Å². The highest BCUT2D eigenvalue weighted by Crippen LogP contribution is 2.23. The van der Waals surface area contributed by atoms with Gasteiger partial charge in [-0.05, 0) is 6.92 Å². The number of anilines is 1. The van der Waals surface area contributed by atoms with Crippen LogP contribution in [0.5, 0.6) is 0 Å². The van der Waals surface area contributed by atoms with Crippen LogP contribution in [0.3, 0.4) is 0 Å². The summed E-state index contributed by atoms with van der Waals surface area (Å²) in [7, 11) is 0. The van der Waals surface area contributed by atoms with E-state index >= 15 is 0 Å². The van der Waals surface area contributed by atoms with Crippen molar-refractivity contribution in [2.45, 2.75) is 17.7 Å². The minimum absolute atomic E-state index is 0.0671. The number of rotatable bonds is 5. The van der Waals surface area contributed by atoms with Crippen molar-refractivity contribution < 1.29 is 4.79 Å². The second-order valence-corrected chi connectivity index (χ2v) is 4.81. The summed E-state index contributed by atoms with van der Waals surface area (Å²) in [5.41, 5.74) is 5.41. The van der Waals surface area contributed by atoms with E-state index in [0.29, 0.717) is 23.8 Å². The number of carbonyl (C=O) groups excluding carboxylic acids is 1. The van der Waals surface area contributed by atoms with E-state index in [1.54, 1.807) is 0 Å². The number of thioether (sulfide) groups is 1. The molecule has 1 amide bonds. The van der Waals surface area contributed by atoms with Gasteiger partial charge >= 0.3 is 0 Å². The molecule has 0 aromatic carbocycles. The Morgan fingerprint density at radius 1 is 1.64 bits per heavy atom. The lowest BCUT2D eigenvalue weighted by atomic mass is 10.4. The number of carbonyl (C=O) groups is 1. The van der Waals surface area contributed by atoms with Gasteiger partial charge in [-0.1, -0.05) is 23.1 Å². The van der Waals surface area contributed by atoms with Gasteiger partial charge in [-0.25, -0.2) is 0 Å². The van der Waals surface area contributed by atoms with E-state index in [0.717, 1.165) is 4.34 Å². The van der Waals surface area contributed by atoms with Gasteiger partial charge in [-0.3, -0.25) is 4.79 Å². The number of aromatic nitrogens is 2. The third-order valence-electron chi connectivity index (χ3n) is 1.35. The lowest BCUT2D eigenvalue weighted by molar-refractivity contribution is -0.120. The Hall–Kier alpha value is -0.820. The van der Waals surface area contributed by atoms with Crippen LogP contribution in [0.2, 0.25) is 0 Å². The molecule has 78 valence electrons. The molecule has 1 aromatic rings. The highest BCUT2D eigenvalue weighted by molar-refractivity contribution is 8.01. The zero-order valence-electron chi connectivity index (χ0n) is 7.82. The first-order valence-electron chi connectivity index (χ1n) is 4.21. The minimum Gasteiger partial charge on any atom is -0.374 e. The molecular formula is C7H12N4OS2. The summed E-state index contributed by atoms with van der Waals surface area (Å²) in [6.07, 6.45) is 0.498. The maximum atomic E-state index is 11.1. The van der Waals surface area contributed by atoms with Crippen LogP contribution in [0, 0.1) is 0 Å². The maximum Gasteiger partial charge on any atom is 0.220 e. The summed E-state index contributed by atoms with van der Waals surface area (Å²) in [6.45, 7) is 2.58. The molecular weight excluding hydrogens is 220 g/mol. The molecule has 0 bridgehead atoms. The van der Waals surface area contributed by atoms with Gasteiger partial charge in [-0.2, -0.15) is 0 Å². The summed E-state index contributed by atoms with van der Waals surface area (Å²) < 4.78 is 0.812. The van der Waals surface area contributed by atoms with Gasteiger partial charge in [0.1, 0.15) is 0 Å². The number of nitrogen functional groups attached to an aromatic ring is 1. The molecule has 3 N–H and O–H groups in total. The van der Waals surface area contributed by atoms with Crippen molar-refractivity contribution in [1.82, 2.24) is 15.5 Å². The first kappa shape index (κ1) is 11.3. The number of nitrogens with one attached hydrogen (secondary N) is 1. The van der Waals surface area contributed by atoms with Crippen molar-refractivity contribution >= 4 is 34.1 Å². The summed E-state index contributed by atoms with van der Waals surface area (Å²) in [5, 5.41) is 10.7. The van der Waals surface area contributed by atoms with Gasteiger partial charge in [0, 0.05) is 18.7 Å². The molecule has 0 aliphatic rings. The molecule has 5 nitrogen and oxygen atoms in total. The van der Waals surface area contributed by atoms with Crippen LogP contribution >= 0.6 is 23.1 Å². The van der Waals surface area contributed by atoms with Crippen molar-refractivity contribution in [3.63, 3.8) is 0 Å². The molecule has 0 aliphatic carbocycles. The fraction of sp³-hybridized carbons (Fsp3) is 0.571. The summed E-state index contributed by atoms with van der Waals surface area (Å²) >= 11 is 2.84. The smallest absolute Gasteiger partial charge is 0.220 e. The number of nitrogens with two attached hydrogens (primary N) is 1. The Kier molecular flexibility index (Phi) is 4.68. The zero-order chi connectivity index (χ0) is 10.4. The van der Waals surface area contributed by atoms with E-state index in [-0.39, 0.29) is 5.91 Å². The van der Waals surface area contributed by atoms with Gasteiger partial charge in [0.25, 0.3) is 0 Å². The molecule has 0 atom stereocenters. The van der Waals surface area contributed by atoms with E-state index in [2.05, 4.69) is 15.5 Å². The number of hydrogen-bond donors (Lipinski definition) is 2. The lowest BCUT2D eigenvalue weighted by Gasteiger charge is -1.99. The maximum absolute atomic E-state index is 11.1. The van der Waals surface area contributed by atoms with Crippen molar-refractivity contribution in [2.75, 3.05) is 18.0 Å². The largest absolute Gasteiger partial charge is 0.374 e. The molecule has 1 rings (SSSR count). The van der Waals surface area contributed by atoms with Crippen molar-refractivity contribution in [2.24, 2.45) is 0 Å². The highest BCUT2D eigenvalue weighted by Gasteiger charge is 2.03. The van der Waals surface area contributed by atoms with Gasteiger partial charge in [0.05, 0.1) is 0 Å². The van der Waals surface area contributed by atoms with Crippen molar-refractivity contribution in [3.05, 3.63) is 0 Å². The summed E-state index contributed by atoms with van der Waals surface area (Å²) in [6, 6.07) is 0. The Morgan fingerprint density at radius 2 is 2.43 bits per heavy atom. The van der Waals surface area contributed by atoms with E-state index in [1.807, 2.05) is 6.92 Å². The normalized spacial score (nSPS) is 10.1. The first-order valence-corrected chi connectivity index (χ1v) is 6.01. The van der Waals surface area contributed by atoms with Crippen LogP contribution < -0.4 is 11.1 Å². The molecule has 7 heteroatoms. The van der Waals surface area contributed by atoms with Gasteiger partial charge < -0.3 is 11.1 Å². The number of amides is 1. The molecule has 1 aromatic heterocycles. The quantitative estimate of drug-likeness (QED) is 0.732. The Labute approximate surface area is 90.5 Å². The van der Waals surface area contributed by atoms with E-state index < -0.39 is 0 Å². The Bertz CT molecular complexity index is 302. The van der Waals surface area contributed by atoms with Crippen LogP contribution in [-0.4, -0.2) is 28.4 Å². The number of nitrogens with zero attached hydrogens (tertiary/aromatic N) is 2. The lowest BCUT2D eigenvalue weighted by Crippen LogP contribution is -2.22. The van der Waals surface area contributed by atoms with Crippen molar-refractivity contribution in [3.8, 4) is 0 Å². The predicted octanol–water partition coefficient (Wildman–Crippen LogP) is 0.739. The zero-order valence-corrected chi connectivity index (χ0v) is 9.45. The monoisotopic (exact) mass is 232 g/mol. The van der Waals surface area contributed by atoms with Crippen LogP contribution in [0.25, 0.3) is 0 Å². The van der Waals surface area contributed by atoms with Crippen LogP contribution in [-0.2, 0) is 4.79 Å². The van der Waals surface area contributed by atoms with Gasteiger partial charge in [-0.15, -0.1) is 10.2 Å². The standard InChI is InChI=1S/C7H12N4OS2/c1-2-9-5(12)3-4-13-7-11-10-6(8)14-7/h2-4H2,1H3,(H2,8,10)(H,9,12). The average molecular weight is 232 g/mol. The predicted molar refractivity (Wildman–Crippen MR) is 58.3 cm³/mol. The average Bonchev–Trinajstić information content (AvgIpc) is 2.52. The molecule has 14 heavy (non-hydrogen) atoms. The van der Waals surface area contributed by atoms with Crippen LogP contribution in [0.1, 0.15) is 13.3 Å². The fourth-order valence-electron chi connectivity index (χ4n) is 0.795. The SMILES string of the molecule is CCNC(=O)CCSc1nnc(N)s1. The van der Waals surface area contributed by atoms with Gasteiger partial charge in [0.15, 0.2) is 4.34 Å². The first-order chi connectivity index (χ1) is 6.72. The van der Waals surface area contributed by atoms with Crippen LogP contribution in [0.15, 0.2) is 4.34 Å². The van der Waals surface area contributed by atoms with Crippen LogP contribution in [0.4, 0.5) is 5.13 Å². The Morgan fingerprint density at radius 3 is 3.00 bits per heavy atom. The molecule has 0 spiro atoms. The third-order valence-corrected chi connectivity index (χ3v) is 3.24. The second-order valence-electron chi connectivity index (χ2n) is 2.46. The topological polar surface area (TPSA) is 80.9 Å². The number of hydrogen-bond acceptors (Lipinski definition) is 6. The highest BCUT2D eigenvalue weighted by atomic mass is 32.2. The van der Waals surface area contributed by atoms with E-state index in [4.69, 9.17) is 5.73 Å². The molecule has 0 aliphatic heterocycles. The minimum atomic E-state index is 0.0671. The summed E-state index contributed by atoms with van der Waals surface area (Å²) in [5.74, 6) is 0.776. The fourth-order valence-corrected chi connectivity index (χ4v) is 2.44. The molecule has 1 heterocycles. The van der Waals surface area contributed by atoms with E-state index in [9.17, 15) is 4.79 Å². The molecule has 0 radical (unpaired) electrons. The third kappa shape index (κ3) is 3.93. The van der Waals surface area contributed by atoms with Crippen molar-refractivity contribution in [1.29, 1.82) is 0 Å². The molecule has 0 saturated heterocycles. The molecule has 0 fully saturated rings. The Balaban J connectivity index is 2.18.